The molecule has 0 aliphatic heterocycles. The van der Waals surface area contributed by atoms with E-state index in [2.05, 4.69) is 54.7 Å². The van der Waals surface area contributed by atoms with Gasteiger partial charge in [0.1, 0.15) is 11.6 Å². The Morgan fingerprint density at radius 3 is 2.39 bits per heavy atom. The van der Waals surface area contributed by atoms with Gasteiger partial charge >= 0.3 is 0 Å². The van der Waals surface area contributed by atoms with Crippen molar-refractivity contribution in [1.82, 2.24) is 9.97 Å². The highest BCUT2D eigenvalue weighted by atomic mass is 16.3. The molecule has 4 aromatic rings. The van der Waals surface area contributed by atoms with Crippen molar-refractivity contribution in [2.24, 2.45) is 0 Å². The topological polar surface area (TPSA) is 48.9 Å². The number of imidazole rings is 1. The fraction of sp³-hybridized carbons (Fsp3) is 0.250. The molecule has 0 unspecified atom stereocenters. The molecule has 1 aromatic heterocycles. The molecule has 0 fully saturated rings. The number of H-pyrrole nitrogens is 1. The average molecular weight is 413 g/mol. The Labute approximate surface area is 185 Å². The Kier molecular flexibility index (Phi) is 7.66. The van der Waals surface area contributed by atoms with Crippen LogP contribution in [-0.4, -0.2) is 15.1 Å². The number of hydrogen-bond acceptors (Lipinski definition) is 2. The van der Waals surface area contributed by atoms with Crippen LogP contribution in [-0.2, 0) is 12.8 Å². The van der Waals surface area contributed by atoms with E-state index in [1.54, 1.807) is 0 Å². The van der Waals surface area contributed by atoms with E-state index in [4.69, 9.17) is 0 Å². The molecule has 0 bridgehead atoms. The number of aromatic nitrogens is 2. The lowest BCUT2D eigenvalue weighted by Gasteiger charge is -2.06. The SMILES string of the molecule is C=C(O)c1ccc(Cc2nc3ccccc3[nH]2)c(C)c1.CCCCc1ccc(C)cc1. The molecule has 0 radical (unpaired) electrons. The maximum atomic E-state index is 9.41. The number of hydrogen-bond donors (Lipinski definition) is 2. The van der Waals surface area contributed by atoms with Gasteiger partial charge in [0, 0.05) is 12.0 Å². The van der Waals surface area contributed by atoms with E-state index in [1.165, 1.54) is 36.0 Å². The molecule has 1 heterocycles. The van der Waals surface area contributed by atoms with Gasteiger partial charge in [0.05, 0.1) is 11.0 Å². The maximum absolute atomic E-state index is 9.41. The van der Waals surface area contributed by atoms with Gasteiger partial charge in [0.2, 0.25) is 0 Å². The van der Waals surface area contributed by atoms with Crippen LogP contribution in [0, 0.1) is 13.8 Å². The van der Waals surface area contributed by atoms with Crippen LogP contribution in [0.4, 0.5) is 0 Å². The fourth-order valence-corrected chi connectivity index (χ4v) is 3.48. The first-order valence-electron chi connectivity index (χ1n) is 10.9. The van der Waals surface area contributed by atoms with Crippen LogP contribution >= 0.6 is 0 Å². The minimum absolute atomic E-state index is 0.100. The van der Waals surface area contributed by atoms with Gasteiger partial charge in [-0.25, -0.2) is 4.98 Å². The monoisotopic (exact) mass is 412 g/mol. The van der Waals surface area contributed by atoms with E-state index < -0.39 is 0 Å². The van der Waals surface area contributed by atoms with Crippen molar-refractivity contribution >= 4 is 16.8 Å². The van der Waals surface area contributed by atoms with Gasteiger partial charge in [-0.2, -0.15) is 0 Å². The number of aryl methyl sites for hydroxylation is 3. The van der Waals surface area contributed by atoms with E-state index in [1.807, 2.05) is 49.4 Å². The number of para-hydroxylation sites is 2. The van der Waals surface area contributed by atoms with E-state index in [0.29, 0.717) is 0 Å². The summed E-state index contributed by atoms with van der Waals surface area (Å²) in [5.74, 6) is 1.05. The first-order valence-corrected chi connectivity index (χ1v) is 10.9. The van der Waals surface area contributed by atoms with Crippen LogP contribution < -0.4 is 0 Å². The molecule has 0 saturated carbocycles. The number of unbranched alkanes of at least 4 members (excludes halogenated alkanes) is 1. The summed E-state index contributed by atoms with van der Waals surface area (Å²) in [6, 6.07) is 22.7. The second kappa shape index (κ2) is 10.6. The standard InChI is InChI=1S/C17H16N2O.C11H16/c1-11-9-14(12(2)20)8-7-13(11)10-17-18-15-5-3-4-6-16(15)19-17;1-3-4-5-11-8-6-10(2)7-9-11/h3-9,20H,2,10H2,1H3,(H,18,19);6-9H,3-5H2,1-2H3. The summed E-state index contributed by atoms with van der Waals surface area (Å²) in [7, 11) is 0. The summed E-state index contributed by atoms with van der Waals surface area (Å²) in [6.07, 6.45) is 4.58. The van der Waals surface area contributed by atoms with Gasteiger partial charge in [0.15, 0.2) is 0 Å². The third-order valence-electron chi connectivity index (χ3n) is 5.41. The van der Waals surface area contributed by atoms with Crippen molar-refractivity contribution in [2.75, 3.05) is 0 Å². The number of nitrogens with zero attached hydrogens (tertiary/aromatic N) is 1. The summed E-state index contributed by atoms with van der Waals surface area (Å²) < 4.78 is 0. The van der Waals surface area contributed by atoms with Crippen LogP contribution in [0.3, 0.4) is 0 Å². The van der Waals surface area contributed by atoms with Gasteiger partial charge in [-0.3, -0.25) is 0 Å². The molecule has 0 aliphatic rings. The Morgan fingerprint density at radius 2 is 1.74 bits per heavy atom. The quantitative estimate of drug-likeness (QED) is 0.326. The first-order chi connectivity index (χ1) is 15.0. The van der Waals surface area contributed by atoms with Crippen LogP contribution in [0.5, 0.6) is 0 Å². The zero-order valence-corrected chi connectivity index (χ0v) is 18.8. The van der Waals surface area contributed by atoms with Crippen LogP contribution in [0.2, 0.25) is 0 Å². The van der Waals surface area contributed by atoms with Gasteiger partial charge < -0.3 is 10.1 Å². The minimum atomic E-state index is 0.100. The van der Waals surface area contributed by atoms with Crippen molar-refractivity contribution in [1.29, 1.82) is 0 Å². The fourth-order valence-electron chi connectivity index (χ4n) is 3.48. The van der Waals surface area contributed by atoms with Crippen molar-refractivity contribution in [3.63, 3.8) is 0 Å². The minimum Gasteiger partial charge on any atom is -0.508 e. The molecular formula is C28H32N2O. The van der Waals surface area contributed by atoms with Crippen LogP contribution in [0.25, 0.3) is 16.8 Å². The number of aliphatic hydroxyl groups excluding tert-OH is 1. The second-order valence-electron chi connectivity index (χ2n) is 8.05. The summed E-state index contributed by atoms with van der Waals surface area (Å²) >= 11 is 0. The molecule has 0 amide bonds. The number of rotatable bonds is 6. The Hall–Kier alpha value is -3.33. The predicted octanol–water partition coefficient (Wildman–Crippen LogP) is 7.33. The molecular weight excluding hydrogens is 380 g/mol. The summed E-state index contributed by atoms with van der Waals surface area (Å²) in [5.41, 5.74) is 7.94. The third-order valence-corrected chi connectivity index (χ3v) is 5.41. The Bertz CT molecular complexity index is 1110. The highest BCUT2D eigenvalue weighted by Crippen LogP contribution is 2.19. The molecule has 0 atom stereocenters. The van der Waals surface area contributed by atoms with Crippen molar-refractivity contribution in [3.8, 4) is 0 Å². The number of fused-ring (bicyclic) bond motifs is 1. The molecule has 3 aromatic carbocycles. The van der Waals surface area contributed by atoms with Crippen molar-refractivity contribution < 1.29 is 5.11 Å². The van der Waals surface area contributed by atoms with Gasteiger partial charge in [-0.05, 0) is 61.6 Å². The van der Waals surface area contributed by atoms with Gasteiger partial charge in [-0.15, -0.1) is 0 Å². The smallest absolute Gasteiger partial charge is 0.115 e. The largest absolute Gasteiger partial charge is 0.508 e. The highest BCUT2D eigenvalue weighted by Gasteiger charge is 2.07. The molecule has 3 heteroatoms. The summed E-state index contributed by atoms with van der Waals surface area (Å²) in [5, 5.41) is 9.41. The lowest BCUT2D eigenvalue weighted by molar-refractivity contribution is 0.513. The zero-order chi connectivity index (χ0) is 22.2. The predicted molar refractivity (Wildman–Crippen MR) is 132 cm³/mol. The first kappa shape index (κ1) is 22.4. The normalized spacial score (nSPS) is 10.5. The number of aliphatic hydroxyl groups is 1. The summed E-state index contributed by atoms with van der Waals surface area (Å²) in [4.78, 5) is 7.91. The number of nitrogens with one attached hydrogen (secondary N) is 1. The number of aromatic amines is 1. The molecule has 0 spiro atoms. The molecule has 31 heavy (non-hydrogen) atoms. The van der Waals surface area contributed by atoms with Crippen molar-refractivity contribution in [2.45, 2.75) is 46.5 Å². The lowest BCUT2D eigenvalue weighted by atomic mass is 10.0. The van der Waals surface area contributed by atoms with Crippen LogP contribution in [0.15, 0.2) is 73.3 Å². The van der Waals surface area contributed by atoms with E-state index in [-0.39, 0.29) is 5.76 Å². The molecule has 0 aliphatic carbocycles. The lowest BCUT2D eigenvalue weighted by Crippen LogP contribution is -1.95. The summed E-state index contributed by atoms with van der Waals surface area (Å²) in [6.45, 7) is 9.94. The molecule has 160 valence electrons. The maximum Gasteiger partial charge on any atom is 0.115 e. The second-order valence-corrected chi connectivity index (χ2v) is 8.05. The average Bonchev–Trinajstić information content (AvgIpc) is 3.17. The van der Waals surface area contributed by atoms with E-state index >= 15 is 0 Å². The zero-order valence-electron chi connectivity index (χ0n) is 18.8. The van der Waals surface area contributed by atoms with Crippen molar-refractivity contribution in [3.05, 3.63) is 107 Å². The van der Waals surface area contributed by atoms with E-state index in [9.17, 15) is 5.11 Å². The molecule has 2 N–H and O–H groups in total. The van der Waals surface area contributed by atoms with E-state index in [0.717, 1.165) is 34.4 Å². The molecule has 3 nitrogen and oxygen atoms in total. The molecule has 4 rings (SSSR count). The Morgan fingerprint density at radius 1 is 1.00 bits per heavy atom. The van der Waals surface area contributed by atoms with Crippen LogP contribution in [0.1, 0.15) is 53.4 Å². The molecule has 0 saturated heterocycles. The Balaban J connectivity index is 0.000000210. The highest BCUT2D eigenvalue weighted by molar-refractivity contribution is 5.74. The number of benzene rings is 3. The van der Waals surface area contributed by atoms with Gasteiger partial charge in [0.25, 0.3) is 0 Å². The van der Waals surface area contributed by atoms with Gasteiger partial charge in [-0.1, -0.05) is 74.0 Å². The third kappa shape index (κ3) is 6.32.